The Labute approximate surface area is 353 Å². The van der Waals surface area contributed by atoms with Crippen molar-refractivity contribution >= 4 is 34.7 Å². The fraction of sp³-hybridized carbons (Fsp3) is 0.711. The third-order valence-corrected chi connectivity index (χ3v) is 13.4. The van der Waals surface area contributed by atoms with Crippen molar-refractivity contribution in [2.24, 2.45) is 17.8 Å². The number of aromatic nitrogens is 2. The number of rotatable bonds is 12. The van der Waals surface area contributed by atoms with Crippen molar-refractivity contribution in [2.45, 2.75) is 168 Å². The minimum atomic E-state index is -3.18. The highest BCUT2D eigenvalue weighted by Crippen LogP contribution is 2.43. The molecular weight excluding hydrogens is 776 g/mol. The molecule has 15 heteroatoms. The molecule has 334 valence electrons. The number of imidazole rings is 1. The number of alkyl halides is 1. The molecule has 3 aliphatic heterocycles. The number of nitrogens with one attached hydrogen (secondary N) is 1. The topological polar surface area (TPSA) is 168 Å². The Kier molecular flexibility index (Phi) is 14.7. The van der Waals surface area contributed by atoms with Crippen molar-refractivity contribution in [2.75, 3.05) is 20.2 Å². The molecule has 1 amide bonds. The second kappa shape index (κ2) is 18.7. The van der Waals surface area contributed by atoms with Crippen molar-refractivity contribution in [3.05, 3.63) is 42.2 Å². The number of hydrogen-bond acceptors (Lipinski definition) is 12. The van der Waals surface area contributed by atoms with E-state index in [9.17, 15) is 24.3 Å². The maximum Gasteiger partial charge on any atom is 0.410 e. The number of ether oxygens (including phenoxy) is 5. The van der Waals surface area contributed by atoms with Gasteiger partial charge in [-0.3, -0.25) is 9.59 Å². The molecule has 13 atom stereocenters. The van der Waals surface area contributed by atoms with E-state index in [0.717, 1.165) is 29.1 Å². The Morgan fingerprint density at radius 1 is 1.05 bits per heavy atom. The zero-order chi connectivity index (χ0) is 44.5. The van der Waals surface area contributed by atoms with Crippen molar-refractivity contribution in [3.8, 4) is 0 Å². The molecule has 0 saturated carbocycles. The molecule has 60 heavy (non-hydrogen) atoms. The van der Waals surface area contributed by atoms with Crippen LogP contribution in [0.3, 0.4) is 0 Å². The van der Waals surface area contributed by atoms with Gasteiger partial charge in [-0.1, -0.05) is 33.8 Å². The third kappa shape index (κ3) is 9.20. The van der Waals surface area contributed by atoms with Crippen LogP contribution in [0.1, 0.15) is 98.6 Å². The van der Waals surface area contributed by atoms with Crippen LogP contribution in [-0.4, -0.2) is 123 Å². The van der Waals surface area contributed by atoms with Gasteiger partial charge >= 0.3 is 12.1 Å². The SMILES string of the molecule is C=CCN[C@H]1C[C@@H](C)OC(O[C@@H]2[C@@H](C)C(=O)[C@](C)(F)C(=O)O[C@H](CC)[C@@]3(C)OC(=O)N(CCCCn4cnc5cc(C)c(C)cc54)C3[C@@H](C)C(=O)[C@H](C)C[C@@]2(C)OC)[C@H]1O. The van der Waals surface area contributed by atoms with Crippen LogP contribution in [0.5, 0.6) is 0 Å². The molecule has 3 aliphatic rings. The van der Waals surface area contributed by atoms with Crippen LogP contribution in [-0.2, 0) is 44.6 Å². The van der Waals surface area contributed by atoms with Gasteiger partial charge in [-0.15, -0.1) is 6.58 Å². The molecule has 5 rings (SSSR count). The molecule has 1 aromatic carbocycles. The summed E-state index contributed by atoms with van der Waals surface area (Å²) in [7, 11) is 1.40. The number of fused-ring (bicyclic) bond motifs is 2. The molecular formula is C45H67FN4O10. The number of amides is 1. The summed E-state index contributed by atoms with van der Waals surface area (Å²) in [6.45, 7) is 21.6. The standard InChI is InChI=1S/C45H67FN4O10/c1-13-17-47-32-22-28(6)57-40(36(32)52)59-39-30(8)38(53)44(10,46)41(54)58-34(14-2)45(11)37(29(7)35(51)27(5)23-43(39,9)56-12)50(42(55)60-45)19-16-15-18-49-24-48-31-20-25(3)26(4)21-33(31)49/h13,20-21,24,27-30,32,34,36-37,39-40,47,52H,1,14-19,22-23H2,2-12H3/t27-,28-,29+,30+,32+,34-,36+,37?,39-,40?,43-,44+,45-/m1/s1. The fourth-order valence-corrected chi connectivity index (χ4v) is 9.72. The zero-order valence-corrected chi connectivity index (χ0v) is 37.3. The van der Waals surface area contributed by atoms with Crippen LogP contribution in [0.15, 0.2) is 31.1 Å². The zero-order valence-electron chi connectivity index (χ0n) is 37.3. The normalized spacial score (nSPS) is 37.1. The first-order chi connectivity index (χ1) is 28.1. The number of ketones is 2. The lowest BCUT2D eigenvalue weighted by Crippen LogP contribution is -2.62. The van der Waals surface area contributed by atoms with Gasteiger partial charge in [0, 0.05) is 50.5 Å². The van der Waals surface area contributed by atoms with Gasteiger partial charge < -0.3 is 43.6 Å². The number of aliphatic hydroxyl groups is 1. The van der Waals surface area contributed by atoms with E-state index in [1.54, 1.807) is 47.0 Å². The predicted octanol–water partition coefficient (Wildman–Crippen LogP) is 5.94. The Morgan fingerprint density at radius 2 is 1.72 bits per heavy atom. The first-order valence-corrected chi connectivity index (χ1v) is 21.4. The highest BCUT2D eigenvalue weighted by atomic mass is 19.1. The molecule has 1 aromatic heterocycles. The average molecular weight is 843 g/mol. The number of aryl methyl sites for hydroxylation is 3. The van der Waals surface area contributed by atoms with E-state index < -0.39 is 89.2 Å². The smallest absolute Gasteiger partial charge is 0.410 e. The van der Waals surface area contributed by atoms with Crippen LogP contribution in [0.4, 0.5) is 9.18 Å². The molecule has 2 N–H and O–H groups in total. The van der Waals surface area contributed by atoms with Crippen LogP contribution in [0.2, 0.25) is 0 Å². The number of esters is 1. The number of methoxy groups -OCH3 is 1. The van der Waals surface area contributed by atoms with E-state index in [0.29, 0.717) is 32.4 Å². The summed E-state index contributed by atoms with van der Waals surface area (Å²) in [5, 5.41) is 14.6. The quantitative estimate of drug-likeness (QED) is 0.112. The summed E-state index contributed by atoms with van der Waals surface area (Å²) >= 11 is 0. The number of carbonyl (C=O) groups is 4. The molecule has 3 saturated heterocycles. The van der Waals surface area contributed by atoms with Gasteiger partial charge in [-0.25, -0.2) is 19.0 Å². The van der Waals surface area contributed by atoms with Gasteiger partial charge in [-0.2, -0.15) is 0 Å². The summed E-state index contributed by atoms with van der Waals surface area (Å²) in [6.07, 6.45) is -0.864. The lowest BCUT2D eigenvalue weighted by Gasteiger charge is -2.46. The Bertz CT molecular complexity index is 1900. The average Bonchev–Trinajstić information content (AvgIpc) is 3.71. The molecule has 2 aromatic rings. The van der Waals surface area contributed by atoms with Gasteiger partial charge in [0.25, 0.3) is 5.67 Å². The van der Waals surface area contributed by atoms with Gasteiger partial charge in [0.05, 0.1) is 41.2 Å². The minimum absolute atomic E-state index is 0.00772. The molecule has 0 aliphatic carbocycles. The Balaban J connectivity index is 1.48. The minimum Gasteiger partial charge on any atom is -0.455 e. The van der Waals surface area contributed by atoms with Crippen molar-refractivity contribution in [1.29, 1.82) is 0 Å². The van der Waals surface area contributed by atoms with Crippen LogP contribution in [0, 0.1) is 31.6 Å². The lowest BCUT2D eigenvalue weighted by atomic mass is 9.73. The summed E-state index contributed by atoms with van der Waals surface area (Å²) in [4.78, 5) is 63.0. The number of nitrogens with zero attached hydrogens (tertiary/aromatic N) is 3. The molecule has 4 heterocycles. The number of benzene rings is 1. The molecule has 0 bridgehead atoms. The first kappa shape index (κ1) is 47.3. The number of halogens is 1. The molecule has 0 radical (unpaired) electrons. The highest BCUT2D eigenvalue weighted by Gasteiger charge is 2.61. The summed E-state index contributed by atoms with van der Waals surface area (Å²) in [5.74, 6) is -5.81. The van der Waals surface area contributed by atoms with E-state index in [1.165, 1.54) is 18.9 Å². The van der Waals surface area contributed by atoms with Crippen molar-refractivity contribution < 1.29 is 52.4 Å². The van der Waals surface area contributed by atoms with Crippen LogP contribution >= 0.6 is 0 Å². The van der Waals surface area contributed by atoms with E-state index in [2.05, 4.69) is 47.4 Å². The van der Waals surface area contributed by atoms with Crippen LogP contribution < -0.4 is 5.32 Å². The maximum atomic E-state index is 16.9. The fourth-order valence-electron chi connectivity index (χ4n) is 9.72. The number of cyclic esters (lactones) is 1. The van der Waals surface area contributed by atoms with E-state index >= 15 is 4.39 Å². The van der Waals surface area contributed by atoms with Gasteiger partial charge in [0.15, 0.2) is 17.7 Å². The molecule has 0 spiro atoms. The monoisotopic (exact) mass is 842 g/mol. The van der Waals surface area contributed by atoms with Crippen molar-refractivity contribution in [3.63, 3.8) is 0 Å². The Hall–Kier alpha value is -3.76. The maximum absolute atomic E-state index is 16.9. The summed E-state index contributed by atoms with van der Waals surface area (Å²) in [6, 6.07) is 2.79. The number of carbonyl (C=O) groups excluding carboxylic acids is 4. The van der Waals surface area contributed by atoms with E-state index in [1.807, 2.05) is 6.92 Å². The largest absolute Gasteiger partial charge is 0.455 e. The molecule has 3 fully saturated rings. The second-order valence-electron chi connectivity index (χ2n) is 17.9. The van der Waals surface area contributed by atoms with E-state index in [-0.39, 0.29) is 31.3 Å². The summed E-state index contributed by atoms with van der Waals surface area (Å²) < 4.78 is 49.6. The Morgan fingerprint density at radius 3 is 2.37 bits per heavy atom. The summed E-state index contributed by atoms with van der Waals surface area (Å²) in [5.41, 5.74) is -1.99. The van der Waals surface area contributed by atoms with Crippen molar-refractivity contribution in [1.82, 2.24) is 19.8 Å². The lowest BCUT2D eigenvalue weighted by molar-refractivity contribution is -0.290. The number of aliphatic hydroxyl groups excluding tert-OH is 1. The highest BCUT2D eigenvalue weighted by molar-refractivity contribution is 6.08. The number of unbranched alkanes of at least 4 members (excludes halogenated alkanes) is 1. The molecule has 2 unspecified atom stereocenters. The number of hydrogen-bond donors (Lipinski definition) is 2. The third-order valence-electron chi connectivity index (χ3n) is 13.4. The van der Waals surface area contributed by atoms with Gasteiger partial charge in [0.2, 0.25) is 0 Å². The van der Waals surface area contributed by atoms with Gasteiger partial charge in [-0.05, 0) is 96.9 Å². The van der Waals surface area contributed by atoms with Crippen LogP contribution in [0.25, 0.3) is 11.0 Å². The molecule has 14 nitrogen and oxygen atoms in total. The first-order valence-electron chi connectivity index (χ1n) is 21.4. The second-order valence-corrected chi connectivity index (χ2v) is 17.9. The predicted molar refractivity (Wildman–Crippen MR) is 223 cm³/mol. The van der Waals surface area contributed by atoms with Gasteiger partial charge in [0.1, 0.15) is 18.0 Å². The van der Waals surface area contributed by atoms with E-state index in [4.69, 9.17) is 23.7 Å². The number of Topliss-reactive ketones (excluding diaryl/α,β-unsaturated/α-hetero) is 2.